The van der Waals surface area contributed by atoms with Crippen LogP contribution in [0.25, 0.3) is 0 Å². The van der Waals surface area contributed by atoms with Gasteiger partial charge in [0.15, 0.2) is 0 Å². The maximum Gasteiger partial charge on any atom is 0.0630 e. The van der Waals surface area contributed by atoms with Crippen LogP contribution in [0.1, 0.15) is 102 Å². The van der Waals surface area contributed by atoms with E-state index in [2.05, 4.69) is 81.3 Å². The third-order valence-electron chi connectivity index (χ3n) is 9.74. The molecular weight excluding hydrogens is 412 g/mol. The largest absolute Gasteiger partial charge is 0.366 e. The molecule has 1 atom stereocenters. The predicted molar refractivity (Wildman–Crippen MR) is 145 cm³/mol. The summed E-state index contributed by atoms with van der Waals surface area (Å²) in [6.07, 6.45) is 13.3. The van der Waals surface area contributed by atoms with Crippen molar-refractivity contribution in [3.05, 3.63) is 59.2 Å². The van der Waals surface area contributed by atoms with Gasteiger partial charge in [-0.3, -0.25) is 4.99 Å². The third-order valence-corrected chi connectivity index (χ3v) is 9.74. The van der Waals surface area contributed by atoms with Crippen LogP contribution in [0.2, 0.25) is 0 Å². The van der Waals surface area contributed by atoms with Crippen LogP contribution in [0.3, 0.4) is 0 Å². The van der Waals surface area contributed by atoms with Gasteiger partial charge in [-0.15, -0.1) is 0 Å². The molecule has 0 radical (unpaired) electrons. The molecule has 2 nitrogen and oxygen atoms in total. The van der Waals surface area contributed by atoms with Gasteiger partial charge in [-0.2, -0.15) is 0 Å². The molecule has 2 aromatic rings. The van der Waals surface area contributed by atoms with Crippen molar-refractivity contribution in [2.24, 2.45) is 22.7 Å². The lowest BCUT2D eigenvalue weighted by molar-refractivity contribution is -0.00518. The molecule has 1 aliphatic heterocycles. The first-order chi connectivity index (χ1) is 16.3. The van der Waals surface area contributed by atoms with E-state index in [-0.39, 0.29) is 5.54 Å². The molecule has 2 heteroatoms. The number of anilines is 1. The second-order valence-electron chi connectivity index (χ2n) is 12.9. The quantitative estimate of drug-likeness (QED) is 0.414. The van der Waals surface area contributed by atoms with E-state index >= 15 is 0 Å². The van der Waals surface area contributed by atoms with Gasteiger partial charge in [-0.1, -0.05) is 32.0 Å². The van der Waals surface area contributed by atoms with Crippen LogP contribution < -0.4 is 4.90 Å². The monoisotopic (exact) mass is 454 g/mol. The zero-order valence-electron chi connectivity index (χ0n) is 21.7. The highest BCUT2D eigenvalue weighted by atomic mass is 15.2. The highest BCUT2D eigenvalue weighted by Gasteiger charge is 2.51. The third kappa shape index (κ3) is 3.82. The zero-order valence-corrected chi connectivity index (χ0v) is 21.7. The van der Waals surface area contributed by atoms with E-state index in [0.717, 1.165) is 30.0 Å². The van der Waals surface area contributed by atoms with Gasteiger partial charge in [-0.25, -0.2) is 0 Å². The summed E-state index contributed by atoms with van der Waals surface area (Å²) in [4.78, 5) is 7.50. The molecule has 180 valence electrons. The first-order valence-corrected chi connectivity index (χ1v) is 13.9. The minimum Gasteiger partial charge on any atom is -0.366 e. The van der Waals surface area contributed by atoms with E-state index in [4.69, 9.17) is 4.99 Å². The average Bonchev–Trinajstić information content (AvgIpc) is 2.79. The van der Waals surface area contributed by atoms with Gasteiger partial charge in [0.25, 0.3) is 0 Å². The molecule has 1 heterocycles. The van der Waals surface area contributed by atoms with Crippen molar-refractivity contribution in [3.63, 3.8) is 0 Å². The first kappa shape index (κ1) is 22.4. The van der Waals surface area contributed by atoms with Crippen molar-refractivity contribution >= 4 is 17.6 Å². The fraction of sp³-hybridized carbons (Fsp3) is 0.594. The van der Waals surface area contributed by atoms with Crippen molar-refractivity contribution in [1.29, 1.82) is 0 Å². The lowest BCUT2D eigenvalue weighted by atomic mass is 9.48. The highest BCUT2D eigenvalue weighted by molar-refractivity contribution is 5.83. The van der Waals surface area contributed by atoms with E-state index in [0.29, 0.717) is 11.3 Å². The molecule has 0 saturated heterocycles. The Morgan fingerprint density at radius 2 is 1.56 bits per heavy atom. The van der Waals surface area contributed by atoms with Crippen molar-refractivity contribution in [2.45, 2.75) is 95.9 Å². The summed E-state index contributed by atoms with van der Waals surface area (Å²) in [5, 5.41) is 0. The lowest BCUT2D eigenvalue weighted by Gasteiger charge is -2.57. The van der Waals surface area contributed by atoms with E-state index in [1.54, 1.807) is 5.56 Å². The zero-order chi connectivity index (χ0) is 23.5. The molecule has 34 heavy (non-hydrogen) atoms. The number of hydrogen-bond donors (Lipinski definition) is 0. The molecular formula is C32H42N2. The predicted octanol–water partition coefficient (Wildman–Crippen LogP) is 8.41. The van der Waals surface area contributed by atoms with Crippen molar-refractivity contribution in [2.75, 3.05) is 11.4 Å². The molecule has 4 bridgehead atoms. The Bertz CT molecular complexity index is 1040. The Morgan fingerprint density at radius 3 is 2.18 bits per heavy atom. The average molecular weight is 455 g/mol. The van der Waals surface area contributed by atoms with Crippen LogP contribution >= 0.6 is 0 Å². The molecule has 0 spiro atoms. The Kier molecular flexibility index (Phi) is 5.43. The van der Waals surface area contributed by atoms with E-state index < -0.39 is 0 Å². The molecule has 1 unspecified atom stereocenters. The normalized spacial score (nSPS) is 33.5. The Hall–Kier alpha value is -2.09. The van der Waals surface area contributed by atoms with Crippen LogP contribution in [-0.4, -0.2) is 18.3 Å². The minimum atomic E-state index is 0.219. The van der Waals surface area contributed by atoms with Gasteiger partial charge >= 0.3 is 0 Å². The number of hydrogen-bond acceptors (Lipinski definition) is 2. The molecule has 5 aliphatic rings. The second kappa shape index (κ2) is 8.25. The standard InChI is InChI=1S/C32H42N2/c1-5-12-34-30-11-6-23(16-29(30)22(2)17-31(34,3)4)21-33-28-9-7-27(8-10-28)32-18-24-13-25(19-32)15-26(14-24)20-32/h6-11,16,21-22,24-26H,5,12-15,17-20H2,1-4H3. The summed E-state index contributed by atoms with van der Waals surface area (Å²) in [5.74, 6) is 3.56. The van der Waals surface area contributed by atoms with E-state index in [9.17, 15) is 0 Å². The van der Waals surface area contributed by atoms with Gasteiger partial charge in [0.05, 0.1) is 5.69 Å². The van der Waals surface area contributed by atoms with Gasteiger partial charge in [-0.05, 0) is 135 Å². The van der Waals surface area contributed by atoms with Crippen LogP contribution in [0.5, 0.6) is 0 Å². The summed E-state index contributed by atoms with van der Waals surface area (Å²) in [7, 11) is 0. The molecule has 4 saturated carbocycles. The number of rotatable bonds is 5. The van der Waals surface area contributed by atoms with Crippen molar-refractivity contribution < 1.29 is 0 Å². The van der Waals surface area contributed by atoms with Gasteiger partial charge in [0.2, 0.25) is 0 Å². The summed E-state index contributed by atoms with van der Waals surface area (Å²) in [6, 6.07) is 16.3. The highest BCUT2D eigenvalue weighted by Crippen LogP contribution is 2.60. The Labute approximate surface area is 206 Å². The second-order valence-corrected chi connectivity index (χ2v) is 12.9. The summed E-state index contributed by atoms with van der Waals surface area (Å²) >= 11 is 0. The van der Waals surface area contributed by atoms with Crippen LogP contribution in [0.4, 0.5) is 11.4 Å². The van der Waals surface area contributed by atoms with Crippen molar-refractivity contribution in [3.8, 4) is 0 Å². The topological polar surface area (TPSA) is 15.6 Å². The summed E-state index contributed by atoms with van der Waals surface area (Å²) in [5.41, 5.74) is 7.48. The Balaban J connectivity index is 1.21. The molecule has 0 amide bonds. The minimum absolute atomic E-state index is 0.219. The van der Waals surface area contributed by atoms with Crippen molar-refractivity contribution in [1.82, 2.24) is 0 Å². The number of fused-ring (bicyclic) bond motifs is 1. The SMILES string of the molecule is CCCN1c2ccc(C=Nc3ccc(C45CC6CC(CC(C6)C4)C5)cc3)cc2C(C)CC1(C)C. The van der Waals surface area contributed by atoms with E-state index in [1.807, 2.05) is 0 Å². The summed E-state index contributed by atoms with van der Waals surface area (Å²) < 4.78 is 0. The van der Waals surface area contributed by atoms with Gasteiger partial charge in [0.1, 0.15) is 0 Å². The van der Waals surface area contributed by atoms with E-state index in [1.165, 1.54) is 68.2 Å². The molecule has 4 fully saturated rings. The van der Waals surface area contributed by atoms with Gasteiger partial charge < -0.3 is 4.90 Å². The molecule has 4 aliphatic carbocycles. The first-order valence-electron chi connectivity index (χ1n) is 13.9. The molecule has 2 aromatic carbocycles. The smallest absolute Gasteiger partial charge is 0.0630 e. The van der Waals surface area contributed by atoms with Crippen LogP contribution in [0.15, 0.2) is 47.5 Å². The van der Waals surface area contributed by atoms with Crippen LogP contribution in [-0.2, 0) is 5.41 Å². The number of aliphatic imine (C=N–C) groups is 1. The van der Waals surface area contributed by atoms with Gasteiger partial charge in [0, 0.05) is 24.0 Å². The maximum absolute atomic E-state index is 4.88. The number of benzene rings is 2. The summed E-state index contributed by atoms with van der Waals surface area (Å²) in [6.45, 7) is 10.6. The molecule has 0 N–H and O–H groups in total. The Morgan fingerprint density at radius 1 is 0.912 bits per heavy atom. The fourth-order valence-corrected chi connectivity index (χ4v) is 8.75. The maximum atomic E-state index is 4.88. The fourth-order valence-electron chi connectivity index (χ4n) is 8.75. The number of nitrogens with zero attached hydrogens (tertiary/aromatic N) is 2. The van der Waals surface area contributed by atoms with Crippen LogP contribution in [0, 0.1) is 17.8 Å². The molecule has 7 rings (SSSR count). The molecule has 0 aromatic heterocycles. The lowest BCUT2D eigenvalue weighted by Crippen LogP contribution is -2.48.